The summed E-state index contributed by atoms with van der Waals surface area (Å²) < 4.78 is 11.2. The molecule has 1 aliphatic carbocycles. The van der Waals surface area contributed by atoms with E-state index in [1.165, 1.54) is 44.2 Å². The molecule has 0 amide bonds. The summed E-state index contributed by atoms with van der Waals surface area (Å²) in [6, 6.07) is 34.9. The zero-order chi connectivity index (χ0) is 27.6. The maximum Gasteiger partial charge on any atom is 0.225 e. The highest BCUT2D eigenvalue weighted by atomic mass is 16.3. The highest BCUT2D eigenvalue weighted by molar-refractivity contribution is 6.09. The molecule has 1 aliphatic rings. The molecule has 0 spiro atoms. The van der Waals surface area contributed by atoms with Crippen LogP contribution >= 0.6 is 0 Å². The van der Waals surface area contributed by atoms with Crippen molar-refractivity contribution in [3.63, 3.8) is 0 Å². The zero-order valence-corrected chi connectivity index (χ0v) is 22.8. The molecule has 41 heavy (non-hydrogen) atoms. The molecule has 0 aliphatic heterocycles. The zero-order valence-electron chi connectivity index (χ0n) is 22.8. The van der Waals surface area contributed by atoms with Crippen molar-refractivity contribution in [2.45, 2.75) is 19.3 Å². The highest BCUT2D eigenvalue weighted by Gasteiger charge is 2.37. The monoisotopic (exact) mass is 530 g/mol. The standard InChI is InChI=1S/C37H26N2O2/c1-37(2)32-21-24(23-7-5-9-26(19-23)35-38-15-17-40-35)13-14-30(32)34-29-12-4-3-11-28(29)31(22-33(34)37)25-8-6-10-27(20-25)36-39-16-18-41-36/h3-22H,1-2H3. The predicted octanol–water partition coefficient (Wildman–Crippen LogP) is 9.79. The smallest absolute Gasteiger partial charge is 0.225 e. The van der Waals surface area contributed by atoms with E-state index < -0.39 is 0 Å². The van der Waals surface area contributed by atoms with Gasteiger partial charge in [-0.3, -0.25) is 0 Å². The van der Waals surface area contributed by atoms with Crippen molar-refractivity contribution >= 4 is 10.8 Å². The van der Waals surface area contributed by atoms with E-state index in [0.29, 0.717) is 11.8 Å². The Bertz CT molecular complexity index is 2070. The average molecular weight is 531 g/mol. The van der Waals surface area contributed by atoms with E-state index in [1.54, 1.807) is 24.9 Å². The first kappa shape index (κ1) is 23.6. The van der Waals surface area contributed by atoms with Crippen LogP contribution in [0.4, 0.5) is 0 Å². The largest absolute Gasteiger partial charge is 0.445 e. The van der Waals surface area contributed by atoms with Gasteiger partial charge in [0, 0.05) is 16.5 Å². The van der Waals surface area contributed by atoms with Crippen LogP contribution in [0.5, 0.6) is 0 Å². The van der Waals surface area contributed by atoms with Crippen molar-refractivity contribution in [3.8, 4) is 56.3 Å². The quantitative estimate of drug-likeness (QED) is 0.227. The summed E-state index contributed by atoms with van der Waals surface area (Å²) in [7, 11) is 0. The van der Waals surface area contributed by atoms with Crippen LogP contribution in [0.2, 0.25) is 0 Å². The Kier molecular flexibility index (Phi) is 5.13. The van der Waals surface area contributed by atoms with Gasteiger partial charge in [-0.1, -0.05) is 74.5 Å². The fourth-order valence-corrected chi connectivity index (χ4v) is 6.38. The lowest BCUT2D eigenvalue weighted by molar-refractivity contribution is 0.574. The Labute approximate surface area is 238 Å². The third kappa shape index (κ3) is 3.68. The fraction of sp³-hybridized carbons (Fsp3) is 0.0811. The molecule has 0 unspecified atom stereocenters. The minimum Gasteiger partial charge on any atom is -0.445 e. The van der Waals surface area contributed by atoms with Crippen molar-refractivity contribution in [2.24, 2.45) is 0 Å². The Morgan fingerprint density at radius 2 is 1.12 bits per heavy atom. The minimum absolute atomic E-state index is 0.181. The maximum atomic E-state index is 5.60. The van der Waals surface area contributed by atoms with E-state index in [4.69, 9.17) is 8.83 Å². The topological polar surface area (TPSA) is 52.1 Å². The van der Waals surface area contributed by atoms with E-state index in [9.17, 15) is 0 Å². The molecule has 0 radical (unpaired) electrons. The summed E-state index contributed by atoms with van der Waals surface area (Å²) in [5.74, 6) is 1.26. The Balaban J connectivity index is 1.30. The molecule has 0 fully saturated rings. The molecule has 0 saturated heterocycles. The number of aromatic nitrogens is 2. The SMILES string of the molecule is CC1(C)c2cc(-c3cccc(-c4ncco4)c3)ccc2-c2c1cc(-c1cccc(-c3ncco3)c1)c1ccccc21. The molecule has 0 N–H and O–H groups in total. The highest BCUT2D eigenvalue weighted by Crippen LogP contribution is 2.54. The summed E-state index contributed by atoms with van der Waals surface area (Å²) in [6.07, 6.45) is 6.59. The van der Waals surface area contributed by atoms with Gasteiger partial charge in [-0.05, 0) is 91.7 Å². The Morgan fingerprint density at radius 3 is 1.80 bits per heavy atom. The van der Waals surface area contributed by atoms with Crippen molar-refractivity contribution in [2.75, 3.05) is 0 Å². The molecule has 0 atom stereocenters. The minimum atomic E-state index is -0.181. The van der Waals surface area contributed by atoms with E-state index in [0.717, 1.165) is 22.3 Å². The molecule has 2 aromatic heterocycles. The first-order valence-corrected chi connectivity index (χ1v) is 13.8. The molecule has 196 valence electrons. The van der Waals surface area contributed by atoms with Gasteiger partial charge in [-0.2, -0.15) is 0 Å². The van der Waals surface area contributed by atoms with Crippen LogP contribution in [0, 0.1) is 0 Å². The molecule has 0 saturated carbocycles. The van der Waals surface area contributed by atoms with Gasteiger partial charge in [0.05, 0.1) is 12.4 Å². The van der Waals surface area contributed by atoms with Crippen molar-refractivity contribution < 1.29 is 8.83 Å². The van der Waals surface area contributed by atoms with Gasteiger partial charge in [0.1, 0.15) is 12.5 Å². The second kappa shape index (κ2) is 8.90. The molecule has 5 aromatic carbocycles. The molecule has 2 heterocycles. The van der Waals surface area contributed by atoms with Crippen molar-refractivity contribution in [1.82, 2.24) is 9.97 Å². The van der Waals surface area contributed by atoms with E-state index in [1.807, 2.05) is 12.1 Å². The molecule has 8 rings (SSSR count). The number of fused-ring (bicyclic) bond motifs is 5. The summed E-state index contributed by atoms with van der Waals surface area (Å²) in [5.41, 5.74) is 11.8. The Hall–Kier alpha value is -5.22. The van der Waals surface area contributed by atoms with Gasteiger partial charge in [-0.15, -0.1) is 0 Å². The first-order valence-electron chi connectivity index (χ1n) is 13.8. The van der Waals surface area contributed by atoms with Crippen LogP contribution in [0.15, 0.2) is 131 Å². The second-order valence-corrected chi connectivity index (χ2v) is 11.1. The normalized spacial score (nSPS) is 13.3. The van der Waals surface area contributed by atoms with Crippen molar-refractivity contribution in [1.29, 1.82) is 0 Å². The summed E-state index contributed by atoms with van der Waals surface area (Å²) in [4.78, 5) is 8.71. The summed E-state index contributed by atoms with van der Waals surface area (Å²) in [6.45, 7) is 4.68. The predicted molar refractivity (Wildman–Crippen MR) is 163 cm³/mol. The number of hydrogen-bond acceptors (Lipinski definition) is 4. The lowest BCUT2D eigenvalue weighted by atomic mass is 9.80. The lowest BCUT2D eigenvalue weighted by Gasteiger charge is -2.23. The van der Waals surface area contributed by atoms with Crippen LogP contribution in [0.1, 0.15) is 25.0 Å². The van der Waals surface area contributed by atoms with Gasteiger partial charge in [0.2, 0.25) is 11.8 Å². The number of nitrogens with zero attached hydrogens (tertiary/aromatic N) is 2. The van der Waals surface area contributed by atoms with Crippen molar-refractivity contribution in [3.05, 3.63) is 133 Å². The van der Waals surface area contributed by atoms with Crippen LogP contribution in [0.25, 0.3) is 67.1 Å². The lowest BCUT2D eigenvalue weighted by Crippen LogP contribution is -2.15. The number of hydrogen-bond donors (Lipinski definition) is 0. The van der Waals surface area contributed by atoms with Crippen LogP contribution in [-0.4, -0.2) is 9.97 Å². The Morgan fingerprint density at radius 1 is 0.512 bits per heavy atom. The maximum absolute atomic E-state index is 5.60. The summed E-state index contributed by atoms with van der Waals surface area (Å²) in [5, 5.41) is 2.51. The number of rotatable bonds is 4. The molecular weight excluding hydrogens is 504 g/mol. The molecular formula is C37H26N2O2. The van der Waals surface area contributed by atoms with Gasteiger partial charge in [-0.25, -0.2) is 9.97 Å². The molecule has 4 heteroatoms. The summed E-state index contributed by atoms with van der Waals surface area (Å²) >= 11 is 0. The van der Waals surface area contributed by atoms with E-state index >= 15 is 0 Å². The second-order valence-electron chi connectivity index (χ2n) is 11.1. The van der Waals surface area contributed by atoms with Gasteiger partial charge >= 0.3 is 0 Å². The first-order chi connectivity index (χ1) is 20.1. The number of oxazole rings is 2. The molecule has 0 bridgehead atoms. The molecule has 4 nitrogen and oxygen atoms in total. The van der Waals surface area contributed by atoms with Gasteiger partial charge in [0.15, 0.2) is 0 Å². The van der Waals surface area contributed by atoms with Crippen LogP contribution in [-0.2, 0) is 5.41 Å². The number of benzene rings is 5. The molecule has 7 aromatic rings. The fourth-order valence-electron chi connectivity index (χ4n) is 6.38. The van der Waals surface area contributed by atoms with Gasteiger partial charge < -0.3 is 8.83 Å². The van der Waals surface area contributed by atoms with E-state index in [-0.39, 0.29) is 5.41 Å². The third-order valence-electron chi connectivity index (χ3n) is 8.41. The van der Waals surface area contributed by atoms with Crippen LogP contribution < -0.4 is 0 Å². The van der Waals surface area contributed by atoms with Crippen LogP contribution in [0.3, 0.4) is 0 Å². The third-order valence-corrected chi connectivity index (χ3v) is 8.41. The van der Waals surface area contributed by atoms with Gasteiger partial charge in [0.25, 0.3) is 0 Å². The average Bonchev–Trinajstić information content (AvgIpc) is 3.79. The van der Waals surface area contributed by atoms with E-state index in [2.05, 4.69) is 109 Å².